The summed E-state index contributed by atoms with van der Waals surface area (Å²) in [4.78, 5) is 14.4. The fourth-order valence-electron chi connectivity index (χ4n) is 3.80. The molecule has 8 nitrogen and oxygen atoms in total. The third-order valence-electron chi connectivity index (χ3n) is 5.47. The fourth-order valence-corrected chi connectivity index (χ4v) is 3.80. The van der Waals surface area contributed by atoms with Crippen LogP contribution in [-0.4, -0.2) is 41.0 Å². The van der Waals surface area contributed by atoms with Gasteiger partial charge in [0.05, 0.1) is 5.92 Å². The first-order chi connectivity index (χ1) is 15.2. The van der Waals surface area contributed by atoms with Crippen LogP contribution in [0.1, 0.15) is 30.2 Å². The minimum atomic E-state index is -0.298. The van der Waals surface area contributed by atoms with Crippen LogP contribution in [0.5, 0.6) is 11.5 Å². The van der Waals surface area contributed by atoms with Crippen molar-refractivity contribution in [3.05, 3.63) is 59.7 Å². The molecular weight excluding hydrogens is 403 g/mol. The second-order valence-corrected chi connectivity index (χ2v) is 7.58. The number of ether oxygens (including phenoxy) is 2. The molecule has 0 radical (unpaired) electrons. The fraction of sp³-hybridized carbons (Fsp3) is 0.318. The number of carbonyl (C=O) groups excluding carboxylic acids is 1. The van der Waals surface area contributed by atoms with E-state index in [0.29, 0.717) is 42.9 Å². The van der Waals surface area contributed by atoms with E-state index in [9.17, 15) is 9.18 Å². The van der Waals surface area contributed by atoms with E-state index in [1.807, 2.05) is 18.2 Å². The van der Waals surface area contributed by atoms with Crippen molar-refractivity contribution in [3.63, 3.8) is 0 Å². The summed E-state index contributed by atoms with van der Waals surface area (Å²) < 4.78 is 29.7. The number of rotatable bonds is 4. The highest BCUT2D eigenvalue weighted by atomic mass is 19.1. The summed E-state index contributed by atoms with van der Waals surface area (Å²) in [6.07, 6.45) is 1.71. The summed E-state index contributed by atoms with van der Waals surface area (Å²) in [5.74, 6) is 1.95. The maximum absolute atomic E-state index is 13.0. The van der Waals surface area contributed by atoms with Gasteiger partial charge in [0.25, 0.3) is 0 Å². The molecule has 1 N–H and O–H groups in total. The predicted molar refractivity (Wildman–Crippen MR) is 108 cm³/mol. The molecule has 1 saturated heterocycles. The van der Waals surface area contributed by atoms with Crippen LogP contribution in [0.15, 0.2) is 46.9 Å². The third kappa shape index (κ3) is 4.16. The Morgan fingerprint density at radius 2 is 1.97 bits per heavy atom. The minimum Gasteiger partial charge on any atom is -0.454 e. The molecule has 2 amide bonds. The number of hydrogen-bond acceptors (Lipinski definition) is 6. The molecule has 2 aliphatic rings. The lowest BCUT2D eigenvalue weighted by molar-refractivity contribution is 0.173. The Kier molecular flexibility index (Phi) is 5.15. The first-order valence-corrected chi connectivity index (χ1v) is 10.2. The maximum Gasteiger partial charge on any atom is 0.317 e. The van der Waals surface area contributed by atoms with Gasteiger partial charge in [-0.3, -0.25) is 0 Å². The van der Waals surface area contributed by atoms with Crippen molar-refractivity contribution < 1.29 is 23.1 Å². The molecule has 5 rings (SSSR count). The summed E-state index contributed by atoms with van der Waals surface area (Å²) in [5.41, 5.74) is 1.60. The standard InChI is InChI=1S/C22H21FN4O4/c23-17-6-3-14(4-7-17)11-24-22(28)27-9-1-2-16(12-27)21-26-25-20(31-21)15-5-8-18-19(10-15)30-13-29-18/h3-8,10,16H,1-2,9,11-13H2,(H,24,28)/t16-/m1/s1. The van der Waals surface area contributed by atoms with E-state index in [4.69, 9.17) is 13.9 Å². The first kappa shape index (κ1) is 19.3. The lowest BCUT2D eigenvalue weighted by Crippen LogP contribution is -2.44. The van der Waals surface area contributed by atoms with E-state index in [1.54, 1.807) is 17.0 Å². The van der Waals surface area contributed by atoms with Gasteiger partial charge in [0.2, 0.25) is 18.6 Å². The Morgan fingerprint density at radius 3 is 2.84 bits per heavy atom. The molecule has 160 valence electrons. The van der Waals surface area contributed by atoms with Gasteiger partial charge in [0.15, 0.2) is 11.5 Å². The molecule has 1 fully saturated rings. The van der Waals surface area contributed by atoms with Crippen molar-refractivity contribution in [1.29, 1.82) is 0 Å². The van der Waals surface area contributed by atoms with Crippen LogP contribution in [0, 0.1) is 5.82 Å². The number of amides is 2. The van der Waals surface area contributed by atoms with Gasteiger partial charge in [-0.05, 0) is 48.7 Å². The molecule has 0 aliphatic carbocycles. The summed E-state index contributed by atoms with van der Waals surface area (Å²) >= 11 is 0. The van der Waals surface area contributed by atoms with Gasteiger partial charge in [-0.1, -0.05) is 12.1 Å². The summed E-state index contributed by atoms with van der Waals surface area (Å²) in [5, 5.41) is 11.3. The smallest absolute Gasteiger partial charge is 0.317 e. The number of benzene rings is 2. The molecule has 0 saturated carbocycles. The number of carbonyl (C=O) groups is 1. The summed E-state index contributed by atoms with van der Waals surface area (Å²) in [6, 6.07) is 11.4. The second kappa shape index (κ2) is 8.25. The average molecular weight is 424 g/mol. The Bertz CT molecular complexity index is 1090. The van der Waals surface area contributed by atoms with Crippen LogP contribution in [0.4, 0.5) is 9.18 Å². The molecular formula is C22H21FN4O4. The molecule has 0 bridgehead atoms. The molecule has 31 heavy (non-hydrogen) atoms. The van der Waals surface area contributed by atoms with Crippen LogP contribution in [0.3, 0.4) is 0 Å². The number of nitrogens with one attached hydrogen (secondary N) is 1. The van der Waals surface area contributed by atoms with Gasteiger partial charge in [-0.15, -0.1) is 10.2 Å². The Labute approximate surface area is 178 Å². The van der Waals surface area contributed by atoms with Gasteiger partial charge in [-0.2, -0.15) is 0 Å². The van der Waals surface area contributed by atoms with Gasteiger partial charge >= 0.3 is 6.03 Å². The molecule has 1 aromatic heterocycles. The largest absolute Gasteiger partial charge is 0.454 e. The monoisotopic (exact) mass is 424 g/mol. The normalized spacial score (nSPS) is 17.6. The second-order valence-electron chi connectivity index (χ2n) is 7.58. The minimum absolute atomic E-state index is 0.0272. The highest BCUT2D eigenvalue weighted by Crippen LogP contribution is 2.36. The summed E-state index contributed by atoms with van der Waals surface area (Å²) in [6.45, 7) is 1.71. The maximum atomic E-state index is 13.0. The van der Waals surface area contributed by atoms with E-state index in [2.05, 4.69) is 15.5 Å². The zero-order chi connectivity index (χ0) is 21.2. The van der Waals surface area contributed by atoms with Crippen molar-refractivity contribution in [2.45, 2.75) is 25.3 Å². The number of urea groups is 1. The van der Waals surface area contributed by atoms with Gasteiger partial charge < -0.3 is 24.1 Å². The molecule has 3 heterocycles. The van der Waals surface area contributed by atoms with E-state index < -0.39 is 0 Å². The molecule has 9 heteroatoms. The van der Waals surface area contributed by atoms with Crippen LogP contribution in [0.25, 0.3) is 11.5 Å². The zero-order valence-electron chi connectivity index (χ0n) is 16.7. The zero-order valence-corrected chi connectivity index (χ0v) is 16.7. The Hall–Kier alpha value is -3.62. The van der Waals surface area contributed by atoms with Crippen molar-refractivity contribution in [1.82, 2.24) is 20.4 Å². The molecule has 0 unspecified atom stereocenters. The van der Waals surface area contributed by atoms with E-state index in [1.165, 1.54) is 12.1 Å². The number of hydrogen-bond donors (Lipinski definition) is 1. The highest BCUT2D eigenvalue weighted by Gasteiger charge is 2.29. The van der Waals surface area contributed by atoms with Crippen molar-refractivity contribution in [2.75, 3.05) is 19.9 Å². The molecule has 2 aromatic carbocycles. The number of piperidine rings is 1. The topological polar surface area (TPSA) is 89.7 Å². The van der Waals surface area contributed by atoms with Crippen molar-refractivity contribution in [2.24, 2.45) is 0 Å². The number of fused-ring (bicyclic) bond motifs is 1. The van der Waals surface area contributed by atoms with Crippen molar-refractivity contribution in [3.8, 4) is 23.0 Å². The number of nitrogens with zero attached hydrogens (tertiary/aromatic N) is 3. The van der Waals surface area contributed by atoms with Gasteiger partial charge in [0, 0.05) is 25.2 Å². The lowest BCUT2D eigenvalue weighted by atomic mass is 9.98. The SMILES string of the molecule is O=C(NCc1ccc(F)cc1)N1CCC[C@@H](c2nnc(-c3ccc4c(c3)OCO4)o2)C1. The summed E-state index contributed by atoms with van der Waals surface area (Å²) in [7, 11) is 0. The Morgan fingerprint density at radius 1 is 1.13 bits per heavy atom. The van der Waals surface area contributed by atoms with Gasteiger partial charge in [-0.25, -0.2) is 9.18 Å². The van der Waals surface area contributed by atoms with Gasteiger partial charge in [0.1, 0.15) is 5.82 Å². The quantitative estimate of drug-likeness (QED) is 0.687. The number of halogens is 1. The van der Waals surface area contributed by atoms with Crippen LogP contribution >= 0.6 is 0 Å². The molecule has 0 spiro atoms. The predicted octanol–water partition coefficient (Wildman–Crippen LogP) is 3.69. The van der Waals surface area contributed by atoms with E-state index >= 15 is 0 Å². The third-order valence-corrected chi connectivity index (χ3v) is 5.47. The average Bonchev–Trinajstić information content (AvgIpc) is 3.48. The van der Waals surface area contributed by atoms with Crippen LogP contribution < -0.4 is 14.8 Å². The van der Waals surface area contributed by atoms with Crippen LogP contribution in [0.2, 0.25) is 0 Å². The van der Waals surface area contributed by atoms with Crippen molar-refractivity contribution >= 4 is 6.03 Å². The molecule has 1 atom stereocenters. The lowest BCUT2D eigenvalue weighted by Gasteiger charge is -2.31. The Balaban J connectivity index is 1.22. The molecule has 3 aromatic rings. The van der Waals surface area contributed by atoms with Crippen LogP contribution in [-0.2, 0) is 6.54 Å². The highest BCUT2D eigenvalue weighted by molar-refractivity contribution is 5.74. The first-order valence-electron chi connectivity index (χ1n) is 10.2. The van der Waals surface area contributed by atoms with E-state index in [-0.39, 0.29) is 24.6 Å². The molecule has 2 aliphatic heterocycles. The number of aromatic nitrogens is 2. The van der Waals surface area contributed by atoms with E-state index in [0.717, 1.165) is 24.0 Å². The number of likely N-dealkylation sites (tertiary alicyclic amines) is 1.